The molecule has 1 aromatic heterocycles. The minimum atomic E-state index is -0.823. The lowest BCUT2D eigenvalue weighted by Crippen LogP contribution is -2.61. The molecule has 2 aliphatic rings. The van der Waals surface area contributed by atoms with E-state index in [1.165, 1.54) is 6.92 Å². The van der Waals surface area contributed by atoms with Crippen LogP contribution in [0, 0.1) is 22.7 Å². The Hall–Kier alpha value is -1.63. The van der Waals surface area contributed by atoms with E-state index in [0.29, 0.717) is 12.8 Å². The number of aliphatic hydroxyl groups excluding tert-OH is 3. The van der Waals surface area contributed by atoms with E-state index < -0.39 is 23.6 Å². The molecule has 1 unspecified atom stereocenters. The summed E-state index contributed by atoms with van der Waals surface area (Å²) in [5.41, 5.74) is 0.341. The summed E-state index contributed by atoms with van der Waals surface area (Å²) in [6.45, 7) is 5.49. The zero-order chi connectivity index (χ0) is 20.5. The molecule has 0 amide bonds. The van der Waals surface area contributed by atoms with Crippen LogP contribution in [-0.2, 0) is 9.53 Å². The van der Waals surface area contributed by atoms with Gasteiger partial charge in [0.2, 0.25) is 0 Å². The Bertz CT molecular complexity index is 711. The molecule has 0 aliphatic heterocycles. The van der Waals surface area contributed by atoms with Crippen LogP contribution in [0.5, 0.6) is 0 Å². The highest BCUT2D eigenvalue weighted by Gasteiger charge is 2.61. The summed E-state index contributed by atoms with van der Waals surface area (Å²) in [6.07, 6.45) is 6.30. The number of fused-ring (bicyclic) bond motifs is 1. The van der Waals surface area contributed by atoms with Gasteiger partial charge in [-0.15, -0.1) is 0 Å². The quantitative estimate of drug-likeness (QED) is 0.508. The van der Waals surface area contributed by atoms with Crippen LogP contribution in [-0.4, -0.2) is 40.6 Å². The Balaban J connectivity index is 2.01. The van der Waals surface area contributed by atoms with Gasteiger partial charge >= 0.3 is 5.97 Å². The normalized spacial score (nSPS) is 36.4. The standard InChI is InChI=1S/C22H32O6/c1-14-9-20(26)22(13-28-15(2)24)17(11-23)5-4-6-19(22)21(14,3)10-18(25)16-7-8-27-12-16/h5,7-8,12,14,18-20,23,25-26H,4,6,9-11,13H2,1-3H3/t14-,18?,19-,20+,21+,22+/m1/s1. The van der Waals surface area contributed by atoms with Gasteiger partial charge in [-0.05, 0) is 54.6 Å². The van der Waals surface area contributed by atoms with Gasteiger partial charge in [-0.3, -0.25) is 4.79 Å². The fourth-order valence-corrected chi connectivity index (χ4v) is 5.68. The maximum atomic E-state index is 11.6. The molecule has 1 fully saturated rings. The highest BCUT2D eigenvalue weighted by molar-refractivity contribution is 5.66. The van der Waals surface area contributed by atoms with Gasteiger partial charge in [-0.1, -0.05) is 19.9 Å². The van der Waals surface area contributed by atoms with Gasteiger partial charge in [0.25, 0.3) is 0 Å². The molecule has 1 aromatic rings. The van der Waals surface area contributed by atoms with Crippen molar-refractivity contribution in [2.75, 3.05) is 13.2 Å². The Morgan fingerprint density at radius 2 is 2.21 bits per heavy atom. The average Bonchev–Trinajstić information content (AvgIpc) is 3.19. The molecule has 6 heteroatoms. The minimum Gasteiger partial charge on any atom is -0.472 e. The number of esters is 1. The molecule has 6 atom stereocenters. The molecule has 3 N–H and O–H groups in total. The highest BCUT2D eigenvalue weighted by atomic mass is 16.5. The predicted molar refractivity (Wildman–Crippen MR) is 103 cm³/mol. The molecular formula is C22H32O6. The zero-order valence-electron chi connectivity index (χ0n) is 16.9. The number of allylic oxidation sites excluding steroid dienone is 1. The topological polar surface area (TPSA) is 100 Å². The van der Waals surface area contributed by atoms with Crippen LogP contribution in [0.25, 0.3) is 0 Å². The number of hydrogen-bond donors (Lipinski definition) is 3. The Kier molecular flexibility index (Phi) is 6.03. The van der Waals surface area contributed by atoms with Gasteiger partial charge in [0, 0.05) is 12.5 Å². The number of hydrogen-bond acceptors (Lipinski definition) is 6. The predicted octanol–water partition coefficient (Wildman–Crippen LogP) is 2.99. The van der Waals surface area contributed by atoms with E-state index in [4.69, 9.17) is 9.15 Å². The monoisotopic (exact) mass is 392 g/mol. The number of furan rings is 1. The first-order chi connectivity index (χ1) is 13.3. The van der Waals surface area contributed by atoms with E-state index >= 15 is 0 Å². The van der Waals surface area contributed by atoms with Crippen molar-refractivity contribution in [3.8, 4) is 0 Å². The second-order valence-electron chi connectivity index (χ2n) is 8.77. The molecule has 28 heavy (non-hydrogen) atoms. The summed E-state index contributed by atoms with van der Waals surface area (Å²) in [7, 11) is 0. The molecule has 0 bridgehead atoms. The van der Waals surface area contributed by atoms with E-state index in [2.05, 4.69) is 13.8 Å². The van der Waals surface area contributed by atoms with Crippen LogP contribution >= 0.6 is 0 Å². The summed E-state index contributed by atoms with van der Waals surface area (Å²) in [5.74, 6) is -0.286. The fourth-order valence-electron chi connectivity index (χ4n) is 5.68. The fraction of sp³-hybridized carbons (Fsp3) is 0.682. The zero-order valence-corrected chi connectivity index (χ0v) is 16.9. The van der Waals surface area contributed by atoms with Crippen molar-refractivity contribution in [3.63, 3.8) is 0 Å². The second kappa shape index (κ2) is 8.01. The molecule has 3 rings (SSSR count). The van der Waals surface area contributed by atoms with Gasteiger partial charge in [0.05, 0.1) is 36.8 Å². The first-order valence-electron chi connectivity index (χ1n) is 10.1. The van der Waals surface area contributed by atoms with Crippen LogP contribution < -0.4 is 0 Å². The third kappa shape index (κ3) is 3.42. The smallest absolute Gasteiger partial charge is 0.302 e. The summed E-state index contributed by atoms with van der Waals surface area (Å²) < 4.78 is 10.5. The number of ether oxygens (including phenoxy) is 1. The second-order valence-corrected chi connectivity index (χ2v) is 8.77. The van der Waals surface area contributed by atoms with Gasteiger partial charge in [-0.25, -0.2) is 0 Å². The van der Waals surface area contributed by atoms with E-state index in [9.17, 15) is 20.1 Å². The summed E-state index contributed by atoms with van der Waals surface area (Å²) in [4.78, 5) is 11.6. The maximum Gasteiger partial charge on any atom is 0.302 e. The third-order valence-corrected chi connectivity index (χ3v) is 7.40. The Labute approximate surface area is 166 Å². The molecule has 0 aromatic carbocycles. The molecule has 156 valence electrons. The lowest BCUT2D eigenvalue weighted by atomic mass is 9.45. The molecule has 0 radical (unpaired) electrons. The lowest BCUT2D eigenvalue weighted by Gasteiger charge is -2.61. The van der Waals surface area contributed by atoms with Gasteiger partial charge in [0.15, 0.2) is 0 Å². The van der Waals surface area contributed by atoms with Crippen LogP contribution in [0.4, 0.5) is 0 Å². The lowest BCUT2D eigenvalue weighted by molar-refractivity contribution is -0.177. The number of carbonyl (C=O) groups is 1. The highest BCUT2D eigenvalue weighted by Crippen LogP contribution is 2.62. The van der Waals surface area contributed by atoms with E-state index in [-0.39, 0.29) is 30.5 Å². The van der Waals surface area contributed by atoms with Crippen LogP contribution in [0.2, 0.25) is 0 Å². The molecule has 0 spiro atoms. The van der Waals surface area contributed by atoms with E-state index in [1.54, 1.807) is 18.6 Å². The molecule has 0 saturated heterocycles. The van der Waals surface area contributed by atoms with Crippen molar-refractivity contribution in [1.82, 2.24) is 0 Å². The van der Waals surface area contributed by atoms with Crippen LogP contribution in [0.3, 0.4) is 0 Å². The van der Waals surface area contributed by atoms with Gasteiger partial charge < -0.3 is 24.5 Å². The average molecular weight is 392 g/mol. The summed E-state index contributed by atoms with van der Waals surface area (Å²) >= 11 is 0. The first kappa shape index (κ1) is 21.1. The molecule has 1 saturated carbocycles. The summed E-state index contributed by atoms with van der Waals surface area (Å²) in [6, 6.07) is 1.77. The molecule has 2 aliphatic carbocycles. The van der Waals surface area contributed by atoms with E-state index in [1.807, 2.05) is 6.08 Å². The SMILES string of the molecule is CC(=O)OC[C@]12C(CO)=CCC[C@@H]1[C@@](C)(CC(O)c1ccoc1)[C@H](C)C[C@@H]2O. The van der Waals surface area contributed by atoms with Gasteiger partial charge in [-0.2, -0.15) is 0 Å². The van der Waals surface area contributed by atoms with Crippen molar-refractivity contribution in [2.24, 2.45) is 22.7 Å². The molecule has 1 heterocycles. The number of carbonyl (C=O) groups excluding carboxylic acids is 1. The molecule has 6 nitrogen and oxygen atoms in total. The minimum absolute atomic E-state index is 0.0354. The largest absolute Gasteiger partial charge is 0.472 e. The van der Waals surface area contributed by atoms with Gasteiger partial charge in [0.1, 0.15) is 6.61 Å². The Morgan fingerprint density at radius 3 is 2.82 bits per heavy atom. The maximum absolute atomic E-state index is 11.6. The number of aliphatic hydroxyl groups is 3. The van der Waals surface area contributed by atoms with Crippen molar-refractivity contribution in [2.45, 2.75) is 58.7 Å². The van der Waals surface area contributed by atoms with Crippen molar-refractivity contribution < 1.29 is 29.3 Å². The number of rotatable bonds is 6. The summed E-state index contributed by atoms with van der Waals surface area (Å²) in [5, 5.41) is 32.1. The molecular weight excluding hydrogens is 360 g/mol. The Morgan fingerprint density at radius 1 is 1.46 bits per heavy atom. The van der Waals surface area contributed by atoms with Crippen molar-refractivity contribution in [3.05, 3.63) is 35.8 Å². The van der Waals surface area contributed by atoms with E-state index in [0.717, 1.165) is 24.0 Å². The van der Waals surface area contributed by atoms with Crippen molar-refractivity contribution in [1.29, 1.82) is 0 Å². The van der Waals surface area contributed by atoms with Crippen molar-refractivity contribution >= 4 is 5.97 Å². The van der Waals surface area contributed by atoms with Crippen LogP contribution in [0.1, 0.15) is 58.1 Å². The van der Waals surface area contributed by atoms with Crippen LogP contribution in [0.15, 0.2) is 34.7 Å². The first-order valence-corrected chi connectivity index (χ1v) is 10.1. The third-order valence-electron chi connectivity index (χ3n) is 7.40.